The summed E-state index contributed by atoms with van der Waals surface area (Å²) in [5.41, 5.74) is 2.77. The molecular weight excluding hydrogens is 427 g/mol. The van der Waals surface area contributed by atoms with E-state index in [0.29, 0.717) is 18.2 Å². The van der Waals surface area contributed by atoms with Crippen LogP contribution in [0.3, 0.4) is 0 Å². The van der Waals surface area contributed by atoms with Crippen LogP contribution in [-0.2, 0) is 0 Å². The molecule has 0 amide bonds. The third-order valence-electron chi connectivity index (χ3n) is 6.56. The van der Waals surface area contributed by atoms with Gasteiger partial charge >= 0.3 is 0 Å². The molecule has 1 fully saturated rings. The molecule has 1 saturated heterocycles. The van der Waals surface area contributed by atoms with Crippen molar-refractivity contribution in [2.45, 2.75) is 24.9 Å². The molecule has 4 rings (SSSR count). The van der Waals surface area contributed by atoms with Crippen LogP contribution in [0.4, 0.5) is 4.39 Å². The summed E-state index contributed by atoms with van der Waals surface area (Å²) in [5, 5.41) is 10.3. The Morgan fingerprint density at radius 2 is 1.32 bits per heavy atom. The molecule has 1 aliphatic heterocycles. The molecule has 0 spiro atoms. The number of piperazine rings is 1. The average molecular weight is 463 g/mol. The molecule has 180 valence electrons. The first kappa shape index (κ1) is 24.4. The summed E-state index contributed by atoms with van der Waals surface area (Å²) < 4.78 is 18.6. The van der Waals surface area contributed by atoms with Crippen molar-refractivity contribution in [2.24, 2.45) is 0 Å². The largest absolute Gasteiger partial charge is 0.491 e. The molecule has 1 aliphatic rings. The molecule has 0 aliphatic carbocycles. The average Bonchev–Trinajstić information content (AvgIpc) is 2.88. The maximum atomic E-state index is 13.0. The zero-order chi connectivity index (χ0) is 23.6. The highest BCUT2D eigenvalue weighted by atomic mass is 19.1. The molecule has 3 aromatic rings. The molecule has 0 saturated carbocycles. The Bertz CT molecular complexity index is 921. The number of rotatable bonds is 11. The van der Waals surface area contributed by atoms with Gasteiger partial charge in [-0.1, -0.05) is 60.7 Å². The molecule has 34 heavy (non-hydrogen) atoms. The van der Waals surface area contributed by atoms with Gasteiger partial charge in [-0.05, 0) is 54.8 Å². The van der Waals surface area contributed by atoms with Crippen molar-refractivity contribution in [1.29, 1.82) is 0 Å². The van der Waals surface area contributed by atoms with Gasteiger partial charge in [0.05, 0.1) is 0 Å². The maximum absolute atomic E-state index is 13.0. The molecule has 4 nitrogen and oxygen atoms in total. The standard InChI is InChI=1S/C29H35FN2O2/c30-26-13-15-28(16-14-26)34-23-27(33)22-32-20-18-31(19-21-32)17-7-12-29(24-8-3-1-4-9-24)25-10-5-2-6-11-25/h1-6,8-11,13-16,27,29,33H,7,12,17-23H2. The monoisotopic (exact) mass is 462 g/mol. The minimum Gasteiger partial charge on any atom is -0.491 e. The quantitative estimate of drug-likeness (QED) is 0.444. The predicted octanol–water partition coefficient (Wildman–Crippen LogP) is 4.80. The van der Waals surface area contributed by atoms with E-state index in [2.05, 4.69) is 70.5 Å². The molecule has 0 aromatic heterocycles. The van der Waals surface area contributed by atoms with E-state index in [0.717, 1.165) is 45.6 Å². The van der Waals surface area contributed by atoms with Gasteiger partial charge in [-0.3, -0.25) is 4.90 Å². The maximum Gasteiger partial charge on any atom is 0.123 e. The number of benzene rings is 3. The molecule has 1 N–H and O–H groups in total. The lowest BCUT2D eigenvalue weighted by atomic mass is 9.87. The highest BCUT2D eigenvalue weighted by molar-refractivity contribution is 5.32. The lowest BCUT2D eigenvalue weighted by molar-refractivity contribution is 0.0457. The highest BCUT2D eigenvalue weighted by Gasteiger charge is 2.20. The van der Waals surface area contributed by atoms with Gasteiger partial charge in [0.1, 0.15) is 24.3 Å². The van der Waals surface area contributed by atoms with E-state index >= 15 is 0 Å². The normalized spacial score (nSPS) is 16.0. The fraction of sp³-hybridized carbons (Fsp3) is 0.379. The Morgan fingerprint density at radius 3 is 1.91 bits per heavy atom. The van der Waals surface area contributed by atoms with E-state index < -0.39 is 6.10 Å². The van der Waals surface area contributed by atoms with Crippen LogP contribution in [0.5, 0.6) is 5.75 Å². The number of halogens is 1. The van der Waals surface area contributed by atoms with E-state index in [1.807, 2.05) is 0 Å². The van der Waals surface area contributed by atoms with Crippen molar-refractivity contribution in [3.63, 3.8) is 0 Å². The van der Waals surface area contributed by atoms with E-state index in [1.165, 1.54) is 23.3 Å². The first-order valence-corrected chi connectivity index (χ1v) is 12.3. The number of ether oxygens (including phenoxy) is 1. The van der Waals surface area contributed by atoms with E-state index in [9.17, 15) is 9.50 Å². The number of nitrogens with zero attached hydrogens (tertiary/aromatic N) is 2. The van der Waals surface area contributed by atoms with Crippen molar-refractivity contribution >= 4 is 0 Å². The number of hydrogen-bond acceptors (Lipinski definition) is 4. The van der Waals surface area contributed by atoms with Gasteiger partial charge in [-0.15, -0.1) is 0 Å². The van der Waals surface area contributed by atoms with Gasteiger partial charge in [-0.25, -0.2) is 4.39 Å². The third kappa shape index (κ3) is 7.39. The SMILES string of the molecule is OC(COc1ccc(F)cc1)CN1CCN(CCCC(c2ccccc2)c2ccccc2)CC1. The molecule has 1 atom stereocenters. The Hall–Kier alpha value is -2.73. The Kier molecular flexibility index (Phi) is 9.08. The van der Waals surface area contributed by atoms with Gasteiger partial charge in [0.2, 0.25) is 0 Å². The van der Waals surface area contributed by atoms with Gasteiger partial charge < -0.3 is 14.7 Å². The van der Waals surface area contributed by atoms with Crippen molar-refractivity contribution in [3.8, 4) is 5.75 Å². The topological polar surface area (TPSA) is 35.9 Å². The Balaban J connectivity index is 1.17. The first-order valence-electron chi connectivity index (χ1n) is 12.3. The molecule has 1 heterocycles. The fourth-order valence-corrected chi connectivity index (χ4v) is 4.68. The van der Waals surface area contributed by atoms with E-state index in [1.54, 1.807) is 12.1 Å². The number of β-amino-alcohol motifs (C(OH)–C–C–N with tert-alkyl or cyclic N) is 1. The molecule has 0 radical (unpaired) electrons. The van der Waals surface area contributed by atoms with Gasteiger partial charge in [0, 0.05) is 38.6 Å². The van der Waals surface area contributed by atoms with Crippen molar-refractivity contribution in [1.82, 2.24) is 9.80 Å². The molecule has 0 bridgehead atoms. The number of aliphatic hydroxyl groups is 1. The van der Waals surface area contributed by atoms with Crippen molar-refractivity contribution < 1.29 is 14.2 Å². The summed E-state index contributed by atoms with van der Waals surface area (Å²) in [6.07, 6.45) is 1.73. The lowest BCUT2D eigenvalue weighted by Crippen LogP contribution is -2.49. The predicted molar refractivity (Wildman–Crippen MR) is 135 cm³/mol. The second-order valence-electron chi connectivity index (χ2n) is 9.08. The van der Waals surface area contributed by atoms with Crippen molar-refractivity contribution in [3.05, 3.63) is 102 Å². The Morgan fingerprint density at radius 1 is 0.765 bits per heavy atom. The van der Waals surface area contributed by atoms with Crippen LogP contribution < -0.4 is 4.74 Å². The molecule has 3 aromatic carbocycles. The van der Waals surface area contributed by atoms with Gasteiger partial charge in [0.25, 0.3) is 0 Å². The van der Waals surface area contributed by atoms with Crippen LogP contribution in [0.15, 0.2) is 84.9 Å². The summed E-state index contributed by atoms with van der Waals surface area (Å²) in [6, 6.07) is 27.5. The van der Waals surface area contributed by atoms with Crippen LogP contribution in [0.25, 0.3) is 0 Å². The molecule has 1 unspecified atom stereocenters. The van der Waals surface area contributed by atoms with Crippen molar-refractivity contribution in [2.75, 3.05) is 45.9 Å². The summed E-state index contributed by atoms with van der Waals surface area (Å²) in [7, 11) is 0. The smallest absolute Gasteiger partial charge is 0.123 e. The Labute approximate surface area is 202 Å². The lowest BCUT2D eigenvalue weighted by Gasteiger charge is -2.35. The molecular formula is C29H35FN2O2. The second-order valence-corrected chi connectivity index (χ2v) is 9.08. The fourth-order valence-electron chi connectivity index (χ4n) is 4.68. The minimum absolute atomic E-state index is 0.214. The van der Waals surface area contributed by atoms with Crippen LogP contribution in [0.1, 0.15) is 29.9 Å². The number of aliphatic hydroxyl groups excluding tert-OH is 1. The van der Waals surface area contributed by atoms with Gasteiger partial charge in [0.15, 0.2) is 0 Å². The summed E-state index contributed by atoms with van der Waals surface area (Å²) in [6.45, 7) is 5.86. The van der Waals surface area contributed by atoms with E-state index in [-0.39, 0.29) is 12.4 Å². The highest BCUT2D eigenvalue weighted by Crippen LogP contribution is 2.29. The van der Waals surface area contributed by atoms with Crippen LogP contribution in [-0.4, -0.2) is 66.9 Å². The number of hydrogen-bond donors (Lipinski definition) is 1. The van der Waals surface area contributed by atoms with Gasteiger partial charge in [-0.2, -0.15) is 0 Å². The summed E-state index contributed by atoms with van der Waals surface area (Å²) >= 11 is 0. The van der Waals surface area contributed by atoms with E-state index in [4.69, 9.17) is 4.74 Å². The zero-order valence-corrected chi connectivity index (χ0v) is 19.7. The second kappa shape index (κ2) is 12.7. The van der Waals surface area contributed by atoms with Crippen LogP contribution in [0.2, 0.25) is 0 Å². The third-order valence-corrected chi connectivity index (χ3v) is 6.56. The molecule has 5 heteroatoms. The first-order chi connectivity index (χ1) is 16.7. The zero-order valence-electron chi connectivity index (χ0n) is 19.7. The van der Waals surface area contributed by atoms with Crippen LogP contribution in [0, 0.1) is 5.82 Å². The summed E-state index contributed by atoms with van der Waals surface area (Å²) in [4.78, 5) is 4.83. The minimum atomic E-state index is -0.561. The summed E-state index contributed by atoms with van der Waals surface area (Å²) in [5.74, 6) is 0.718. The van der Waals surface area contributed by atoms with Crippen LogP contribution >= 0.6 is 0 Å².